The van der Waals surface area contributed by atoms with Crippen molar-refractivity contribution in [1.82, 2.24) is 5.32 Å². The molecule has 0 atom stereocenters. The molecule has 0 fully saturated rings. The van der Waals surface area contributed by atoms with Gasteiger partial charge >= 0.3 is 0 Å². The molecule has 0 spiro atoms. The summed E-state index contributed by atoms with van der Waals surface area (Å²) < 4.78 is 0. The third kappa shape index (κ3) is 9.11. The van der Waals surface area contributed by atoms with Gasteiger partial charge < -0.3 is 5.32 Å². The van der Waals surface area contributed by atoms with Crippen LogP contribution >= 0.6 is 0 Å². The van der Waals surface area contributed by atoms with Crippen LogP contribution in [0.5, 0.6) is 0 Å². The zero-order valence-corrected chi connectivity index (χ0v) is 7.09. The lowest BCUT2D eigenvalue weighted by Crippen LogP contribution is -2.17. The van der Waals surface area contributed by atoms with E-state index in [2.05, 4.69) is 16.9 Å². The molecule has 0 saturated heterocycles. The van der Waals surface area contributed by atoms with Crippen molar-refractivity contribution in [2.75, 3.05) is 19.6 Å². The summed E-state index contributed by atoms with van der Waals surface area (Å²) in [5.74, 6) is 0. The monoisotopic (exact) mass is 152 g/mol. The van der Waals surface area contributed by atoms with Crippen LogP contribution in [0.15, 0.2) is 29.8 Å². The quantitative estimate of drug-likeness (QED) is 0.347. The summed E-state index contributed by atoms with van der Waals surface area (Å²) in [6.45, 7) is 8.19. The minimum Gasteiger partial charge on any atom is -0.311 e. The highest BCUT2D eigenvalue weighted by Crippen LogP contribution is 1.71. The highest BCUT2D eigenvalue weighted by Gasteiger charge is 1.78. The first kappa shape index (κ1) is 10.1. The molecule has 0 aromatic carbocycles. The van der Waals surface area contributed by atoms with Gasteiger partial charge in [-0.25, -0.2) is 0 Å². The number of allylic oxidation sites excluding steroid dienone is 2. The zero-order valence-electron chi connectivity index (χ0n) is 7.09. The van der Waals surface area contributed by atoms with Crippen molar-refractivity contribution in [3.05, 3.63) is 24.8 Å². The standard InChI is InChI=1S/C9H16N2/c1-3-5-6-7-11-9-8-10-4-2/h3-6,11H,1,7-9H2,2H3. The number of rotatable bonds is 6. The Labute approximate surface area is 68.7 Å². The molecule has 0 aliphatic rings. The van der Waals surface area contributed by atoms with E-state index in [4.69, 9.17) is 0 Å². The third-order valence-corrected chi connectivity index (χ3v) is 1.13. The summed E-state index contributed by atoms with van der Waals surface area (Å²) in [4.78, 5) is 4.06. The molecule has 0 aliphatic carbocycles. The minimum atomic E-state index is 0.860. The van der Waals surface area contributed by atoms with Crippen LogP contribution in [0.4, 0.5) is 0 Å². The second-order valence-electron chi connectivity index (χ2n) is 2.03. The van der Waals surface area contributed by atoms with Gasteiger partial charge in [-0.05, 0) is 13.1 Å². The molecule has 0 amide bonds. The lowest BCUT2D eigenvalue weighted by molar-refractivity contribution is 0.755. The molecule has 0 heterocycles. The molecule has 0 radical (unpaired) electrons. The van der Waals surface area contributed by atoms with Crippen LogP contribution in [0.3, 0.4) is 0 Å². The maximum Gasteiger partial charge on any atom is 0.0510 e. The lowest BCUT2D eigenvalue weighted by atomic mass is 10.5. The number of nitrogens with zero attached hydrogens (tertiary/aromatic N) is 1. The third-order valence-electron chi connectivity index (χ3n) is 1.13. The maximum absolute atomic E-state index is 4.06. The van der Waals surface area contributed by atoms with E-state index in [-0.39, 0.29) is 0 Å². The van der Waals surface area contributed by atoms with Crippen molar-refractivity contribution < 1.29 is 0 Å². The second kappa shape index (κ2) is 9.11. The molecule has 0 aliphatic heterocycles. The van der Waals surface area contributed by atoms with E-state index in [1.54, 1.807) is 6.08 Å². The topological polar surface area (TPSA) is 24.4 Å². The van der Waals surface area contributed by atoms with Crippen LogP contribution in [0.2, 0.25) is 0 Å². The second-order valence-corrected chi connectivity index (χ2v) is 2.03. The van der Waals surface area contributed by atoms with Gasteiger partial charge in [0, 0.05) is 13.1 Å². The van der Waals surface area contributed by atoms with Gasteiger partial charge in [0.25, 0.3) is 0 Å². The number of hydrogen-bond donors (Lipinski definition) is 1. The molecule has 0 saturated carbocycles. The fourth-order valence-corrected chi connectivity index (χ4v) is 0.622. The highest BCUT2D eigenvalue weighted by molar-refractivity contribution is 5.53. The highest BCUT2D eigenvalue weighted by atomic mass is 14.9. The molecule has 62 valence electrons. The van der Waals surface area contributed by atoms with Crippen LogP contribution in [-0.2, 0) is 0 Å². The molecule has 0 aromatic rings. The summed E-state index contributed by atoms with van der Waals surface area (Å²) in [6, 6.07) is 0. The molecule has 0 aromatic heterocycles. The van der Waals surface area contributed by atoms with Gasteiger partial charge in [-0.1, -0.05) is 24.8 Å². The Hall–Kier alpha value is -0.890. The molecule has 2 nitrogen and oxygen atoms in total. The van der Waals surface area contributed by atoms with E-state index in [1.165, 1.54) is 0 Å². The van der Waals surface area contributed by atoms with Crippen LogP contribution in [0.25, 0.3) is 0 Å². The molecule has 0 rings (SSSR count). The summed E-state index contributed by atoms with van der Waals surface area (Å²) in [6.07, 6.45) is 7.55. The normalized spacial score (nSPS) is 11.4. The van der Waals surface area contributed by atoms with Crippen molar-refractivity contribution in [2.24, 2.45) is 4.99 Å². The zero-order chi connectivity index (χ0) is 8.36. The smallest absolute Gasteiger partial charge is 0.0510 e. The largest absolute Gasteiger partial charge is 0.311 e. The molecule has 2 heteroatoms. The number of hydrogen-bond acceptors (Lipinski definition) is 2. The fraction of sp³-hybridized carbons (Fsp3) is 0.444. The van der Waals surface area contributed by atoms with Crippen molar-refractivity contribution in [2.45, 2.75) is 6.92 Å². The summed E-state index contributed by atoms with van der Waals surface area (Å²) in [7, 11) is 0. The fourth-order valence-electron chi connectivity index (χ4n) is 0.622. The molecule has 0 unspecified atom stereocenters. The van der Waals surface area contributed by atoms with Gasteiger partial charge in [0.15, 0.2) is 0 Å². The van der Waals surface area contributed by atoms with E-state index >= 15 is 0 Å². The Morgan fingerprint density at radius 2 is 2.36 bits per heavy atom. The molecular weight excluding hydrogens is 136 g/mol. The lowest BCUT2D eigenvalue weighted by Gasteiger charge is -1.95. The molecule has 11 heavy (non-hydrogen) atoms. The summed E-state index contributed by atoms with van der Waals surface area (Å²) >= 11 is 0. The SMILES string of the molecule is C=CC=CCNCCN=CC. The molecule has 0 bridgehead atoms. The van der Waals surface area contributed by atoms with E-state index in [0.717, 1.165) is 19.6 Å². The Kier molecular flexibility index (Phi) is 8.37. The van der Waals surface area contributed by atoms with E-state index < -0.39 is 0 Å². The van der Waals surface area contributed by atoms with Crippen molar-refractivity contribution in [3.8, 4) is 0 Å². The van der Waals surface area contributed by atoms with Gasteiger partial charge in [0.1, 0.15) is 0 Å². The Balaban J connectivity index is 3.02. The summed E-state index contributed by atoms with van der Waals surface area (Å²) in [5, 5.41) is 3.21. The van der Waals surface area contributed by atoms with Gasteiger partial charge in [0.2, 0.25) is 0 Å². The first-order valence-electron chi connectivity index (χ1n) is 3.84. The van der Waals surface area contributed by atoms with Gasteiger partial charge in [-0.2, -0.15) is 0 Å². The van der Waals surface area contributed by atoms with Crippen LogP contribution in [0.1, 0.15) is 6.92 Å². The molecule has 1 N–H and O–H groups in total. The predicted molar refractivity (Wildman–Crippen MR) is 51.2 cm³/mol. The Bertz CT molecular complexity index is 136. The summed E-state index contributed by atoms with van der Waals surface area (Å²) in [5.41, 5.74) is 0. The van der Waals surface area contributed by atoms with Crippen LogP contribution in [-0.4, -0.2) is 25.8 Å². The molecular formula is C9H16N2. The van der Waals surface area contributed by atoms with Crippen LogP contribution < -0.4 is 5.32 Å². The van der Waals surface area contributed by atoms with Crippen molar-refractivity contribution >= 4 is 6.21 Å². The Morgan fingerprint density at radius 1 is 1.55 bits per heavy atom. The number of nitrogens with one attached hydrogen (secondary N) is 1. The van der Waals surface area contributed by atoms with Crippen molar-refractivity contribution in [3.63, 3.8) is 0 Å². The average molecular weight is 152 g/mol. The van der Waals surface area contributed by atoms with Crippen molar-refractivity contribution in [1.29, 1.82) is 0 Å². The minimum absolute atomic E-state index is 0.860. The Morgan fingerprint density at radius 3 is 3.00 bits per heavy atom. The van der Waals surface area contributed by atoms with Gasteiger partial charge in [0.05, 0.1) is 6.54 Å². The van der Waals surface area contributed by atoms with E-state index in [0.29, 0.717) is 0 Å². The van der Waals surface area contributed by atoms with Gasteiger partial charge in [-0.15, -0.1) is 0 Å². The first-order valence-corrected chi connectivity index (χ1v) is 3.84. The van der Waals surface area contributed by atoms with E-state index in [1.807, 2.05) is 25.3 Å². The van der Waals surface area contributed by atoms with Gasteiger partial charge in [-0.3, -0.25) is 4.99 Å². The maximum atomic E-state index is 4.06. The average Bonchev–Trinajstić information content (AvgIpc) is 2.03. The number of aliphatic imine (C=N–C) groups is 1. The van der Waals surface area contributed by atoms with E-state index in [9.17, 15) is 0 Å². The predicted octanol–water partition coefficient (Wildman–Crippen LogP) is 1.41. The first-order chi connectivity index (χ1) is 5.41. The van der Waals surface area contributed by atoms with Crippen LogP contribution in [0, 0.1) is 0 Å².